The fourth-order valence-corrected chi connectivity index (χ4v) is 11.5. The quantitative estimate of drug-likeness (QED) is 0.199. The number of fused-ring (bicyclic) bond motifs is 5. The van der Waals surface area contributed by atoms with E-state index in [-0.39, 0.29) is 0 Å². The van der Waals surface area contributed by atoms with Crippen LogP contribution in [0.4, 0.5) is 0 Å². The summed E-state index contributed by atoms with van der Waals surface area (Å²) in [6.45, 7) is 8.52. The van der Waals surface area contributed by atoms with Crippen molar-refractivity contribution >= 4 is 44.2 Å². The molecule has 0 radical (unpaired) electrons. The standard InChI is InChI=1S/C38H33BO2S/c1-37(2)38(3,4)41-39(40-37)31-21-13-25-35-36(31)30-20-9-10-22-34(30)42(35,32-23-11-16-26-14-5-7-18-28(26)32)33-24-12-17-27-15-6-8-19-29(27)33/h5-25H,1-4H3. The summed E-state index contributed by atoms with van der Waals surface area (Å²) < 4.78 is 13.4. The molecule has 0 aliphatic carbocycles. The Morgan fingerprint density at radius 1 is 0.476 bits per heavy atom. The molecular weight excluding hydrogens is 531 g/mol. The monoisotopic (exact) mass is 564 g/mol. The van der Waals surface area contributed by atoms with Crippen LogP contribution in [0.1, 0.15) is 27.7 Å². The molecule has 0 saturated carbocycles. The highest BCUT2D eigenvalue weighted by Gasteiger charge is 2.54. The summed E-state index contributed by atoms with van der Waals surface area (Å²) in [6, 6.07) is 47.2. The predicted molar refractivity (Wildman–Crippen MR) is 176 cm³/mol. The van der Waals surface area contributed by atoms with Crippen LogP contribution in [0.5, 0.6) is 0 Å². The molecular formula is C38H33BO2S. The van der Waals surface area contributed by atoms with Crippen LogP contribution in [-0.4, -0.2) is 18.3 Å². The molecule has 42 heavy (non-hydrogen) atoms. The van der Waals surface area contributed by atoms with Gasteiger partial charge in [-0.3, -0.25) is 0 Å². The van der Waals surface area contributed by atoms with E-state index in [9.17, 15) is 0 Å². The molecule has 0 unspecified atom stereocenters. The van der Waals surface area contributed by atoms with Gasteiger partial charge >= 0.3 is 7.12 Å². The van der Waals surface area contributed by atoms with E-state index < -0.39 is 28.3 Å². The first-order chi connectivity index (χ1) is 20.3. The van der Waals surface area contributed by atoms with E-state index in [0.29, 0.717) is 0 Å². The lowest BCUT2D eigenvalue weighted by atomic mass is 9.74. The van der Waals surface area contributed by atoms with Gasteiger partial charge in [-0.05, 0) is 90.1 Å². The maximum absolute atomic E-state index is 6.70. The third-order valence-electron chi connectivity index (χ3n) is 9.54. The maximum Gasteiger partial charge on any atom is 0.495 e. The van der Waals surface area contributed by atoms with Crippen molar-refractivity contribution in [3.05, 3.63) is 127 Å². The lowest BCUT2D eigenvalue weighted by Crippen LogP contribution is -2.41. The molecule has 2 heterocycles. The summed E-state index contributed by atoms with van der Waals surface area (Å²) in [5.74, 6) is 0. The highest BCUT2D eigenvalue weighted by atomic mass is 32.3. The smallest absolute Gasteiger partial charge is 0.399 e. The topological polar surface area (TPSA) is 18.5 Å². The molecule has 0 bridgehead atoms. The third kappa shape index (κ3) is 3.43. The molecule has 206 valence electrons. The van der Waals surface area contributed by atoms with Crippen LogP contribution in [0.15, 0.2) is 147 Å². The van der Waals surface area contributed by atoms with Crippen LogP contribution in [0.2, 0.25) is 0 Å². The zero-order chi connectivity index (χ0) is 28.7. The van der Waals surface area contributed by atoms with Crippen molar-refractivity contribution in [3.8, 4) is 11.1 Å². The van der Waals surface area contributed by atoms with Crippen LogP contribution in [-0.2, 0) is 9.31 Å². The van der Waals surface area contributed by atoms with Crippen molar-refractivity contribution in [3.63, 3.8) is 0 Å². The van der Waals surface area contributed by atoms with Crippen LogP contribution in [0.25, 0.3) is 32.7 Å². The summed E-state index contributed by atoms with van der Waals surface area (Å²) >= 11 is 0. The summed E-state index contributed by atoms with van der Waals surface area (Å²) in [7, 11) is -2.36. The van der Waals surface area contributed by atoms with E-state index in [2.05, 4.69) is 155 Å². The van der Waals surface area contributed by atoms with Gasteiger partial charge in [0.05, 0.1) is 11.2 Å². The molecule has 4 heteroatoms. The Morgan fingerprint density at radius 3 is 1.55 bits per heavy atom. The van der Waals surface area contributed by atoms with Crippen molar-refractivity contribution in [1.29, 1.82) is 0 Å². The highest BCUT2D eigenvalue weighted by Crippen LogP contribution is 2.81. The fraction of sp³-hybridized carbons (Fsp3) is 0.158. The molecule has 1 saturated heterocycles. The van der Waals surface area contributed by atoms with E-state index in [1.54, 1.807) is 0 Å². The average molecular weight is 565 g/mol. The van der Waals surface area contributed by atoms with Crippen molar-refractivity contribution in [2.24, 2.45) is 0 Å². The van der Waals surface area contributed by atoms with Gasteiger partial charge in [0, 0.05) is 19.6 Å². The zero-order valence-electron chi connectivity index (χ0n) is 24.4. The van der Waals surface area contributed by atoms with Gasteiger partial charge in [-0.1, -0.05) is 103 Å². The Kier molecular flexibility index (Phi) is 5.59. The zero-order valence-corrected chi connectivity index (χ0v) is 25.2. The van der Waals surface area contributed by atoms with Crippen molar-refractivity contribution in [2.75, 3.05) is 0 Å². The van der Waals surface area contributed by atoms with E-state index in [1.807, 2.05) is 0 Å². The molecule has 0 N–H and O–H groups in total. The molecule has 0 spiro atoms. The summed E-state index contributed by atoms with van der Waals surface area (Å²) in [4.78, 5) is 5.46. The Balaban J connectivity index is 1.54. The molecule has 2 nitrogen and oxygen atoms in total. The minimum absolute atomic E-state index is 0.423. The van der Waals surface area contributed by atoms with Crippen LogP contribution < -0.4 is 5.46 Å². The Bertz CT molecular complexity index is 1920. The second-order valence-electron chi connectivity index (χ2n) is 12.4. The van der Waals surface area contributed by atoms with Crippen LogP contribution >= 0.6 is 10.0 Å². The molecule has 0 amide bonds. The summed E-state index contributed by atoms with van der Waals surface area (Å²) in [5.41, 5.74) is 2.78. The summed E-state index contributed by atoms with van der Waals surface area (Å²) in [6.07, 6.45) is 0. The van der Waals surface area contributed by atoms with Gasteiger partial charge in [0.25, 0.3) is 0 Å². The number of hydrogen-bond donors (Lipinski definition) is 0. The predicted octanol–water partition coefficient (Wildman–Crippen LogP) is 9.61. The Hall–Kier alpha value is -3.83. The maximum atomic E-state index is 6.70. The minimum atomic E-state index is -1.91. The van der Waals surface area contributed by atoms with E-state index in [1.165, 1.54) is 52.3 Å². The van der Waals surface area contributed by atoms with Gasteiger partial charge in [0.15, 0.2) is 0 Å². The van der Waals surface area contributed by atoms with Gasteiger partial charge < -0.3 is 9.31 Å². The first-order valence-corrected chi connectivity index (χ1v) is 16.3. The van der Waals surface area contributed by atoms with Crippen molar-refractivity contribution in [1.82, 2.24) is 0 Å². The average Bonchev–Trinajstić information content (AvgIpc) is 3.43. The fourth-order valence-electron chi connectivity index (χ4n) is 6.83. The number of benzene rings is 6. The molecule has 6 aromatic carbocycles. The number of hydrogen-bond acceptors (Lipinski definition) is 2. The van der Waals surface area contributed by atoms with E-state index >= 15 is 0 Å². The molecule has 1 fully saturated rings. The van der Waals surface area contributed by atoms with Gasteiger partial charge in [0.2, 0.25) is 0 Å². The van der Waals surface area contributed by atoms with Crippen LogP contribution in [0.3, 0.4) is 0 Å². The van der Waals surface area contributed by atoms with Gasteiger partial charge in [0.1, 0.15) is 0 Å². The van der Waals surface area contributed by atoms with Gasteiger partial charge in [-0.15, -0.1) is 10.0 Å². The SMILES string of the molecule is CC1(C)OB(c2cccc3c2-c2ccccc2S3(c2cccc3ccccc23)c2cccc3ccccc23)OC1(C)C. The third-order valence-corrected chi connectivity index (χ3v) is 13.6. The molecule has 2 aliphatic heterocycles. The largest absolute Gasteiger partial charge is 0.495 e. The first kappa shape index (κ1) is 25.9. The lowest BCUT2D eigenvalue weighted by Gasteiger charge is -2.41. The molecule has 2 aliphatic rings. The Labute approximate surface area is 249 Å². The molecule has 0 atom stereocenters. The van der Waals surface area contributed by atoms with Crippen molar-refractivity contribution < 1.29 is 9.31 Å². The van der Waals surface area contributed by atoms with Gasteiger partial charge in [-0.25, -0.2) is 0 Å². The van der Waals surface area contributed by atoms with Crippen LogP contribution in [0, 0.1) is 0 Å². The normalized spacial score (nSPS) is 18.6. The first-order valence-electron chi connectivity index (χ1n) is 14.7. The minimum Gasteiger partial charge on any atom is -0.399 e. The highest BCUT2D eigenvalue weighted by molar-refractivity contribution is 8.34. The second-order valence-corrected chi connectivity index (χ2v) is 15.4. The molecule has 0 aromatic heterocycles. The molecule has 8 rings (SSSR count). The Morgan fingerprint density at radius 2 is 0.929 bits per heavy atom. The number of rotatable bonds is 3. The second kappa shape index (κ2) is 9.09. The van der Waals surface area contributed by atoms with Gasteiger partial charge in [-0.2, -0.15) is 0 Å². The molecule has 6 aromatic rings. The summed E-state index contributed by atoms with van der Waals surface area (Å²) in [5, 5.41) is 5.11. The van der Waals surface area contributed by atoms with E-state index in [0.717, 1.165) is 5.46 Å². The lowest BCUT2D eigenvalue weighted by molar-refractivity contribution is 0.00578. The van der Waals surface area contributed by atoms with E-state index in [4.69, 9.17) is 9.31 Å². The van der Waals surface area contributed by atoms with Crippen molar-refractivity contribution in [2.45, 2.75) is 58.5 Å².